The lowest BCUT2D eigenvalue weighted by atomic mass is 9.72. The third-order valence-electron chi connectivity index (χ3n) is 17.4. The van der Waals surface area contributed by atoms with Gasteiger partial charge < -0.3 is 25.8 Å². The fourth-order valence-electron chi connectivity index (χ4n) is 12.3. The lowest BCUT2D eigenvalue weighted by Gasteiger charge is -2.39. The van der Waals surface area contributed by atoms with Gasteiger partial charge in [0.25, 0.3) is 37.6 Å². The molecule has 4 heterocycles. The molecule has 1 aliphatic carbocycles. The Hall–Kier alpha value is -7.06. The van der Waals surface area contributed by atoms with Crippen LogP contribution >= 0.6 is 11.8 Å². The number of amides is 6. The number of carbonyl (C=O) groups is 6. The summed E-state index contributed by atoms with van der Waals surface area (Å²) in [5, 5.41) is 11.5. The average molecular weight is 1300 g/mol. The minimum Gasteiger partial charge on any atom is -0.384 e. The largest absolute Gasteiger partial charge is 0.501 e. The highest BCUT2D eigenvalue weighted by atomic mass is 32.2. The minimum atomic E-state index is -6.16. The van der Waals surface area contributed by atoms with E-state index in [1.807, 2.05) is 35.1 Å². The van der Waals surface area contributed by atoms with Gasteiger partial charge in [-0.3, -0.25) is 43.9 Å². The first-order valence-electron chi connectivity index (χ1n) is 30.8. The molecule has 1 unspecified atom stereocenters. The van der Waals surface area contributed by atoms with Crippen LogP contribution in [0, 0.1) is 5.41 Å². The number of unbranched alkanes of at least 4 members (excludes halogenated alkanes) is 1. The SMILES string of the molecule is C=C(CCC)C1=C(CN2CCN(c3ccc(C(=O)NS(=O)(=O)c4ccc(N[C@H](CCN5CCC(NC(=O)CCCCNc6cccc7c6C(=O)N(C6CCC(=O)NC6=O)C7=O)CC5)CSc5ccccc5)c(S(=O)(=O)C(F)(F)F)c4)cc3)CC2)CCC(C)(C)C1. The van der Waals surface area contributed by atoms with Crippen molar-refractivity contribution in [2.75, 3.05) is 80.2 Å². The summed E-state index contributed by atoms with van der Waals surface area (Å²) in [6.07, 6.45) is 8.19. The van der Waals surface area contributed by atoms with Crippen molar-refractivity contribution in [2.24, 2.45) is 5.41 Å². The normalized spacial score (nSPS) is 19.1. The zero-order valence-corrected chi connectivity index (χ0v) is 53.5. The maximum atomic E-state index is 14.5. The molecule has 25 heteroatoms. The molecule has 5 N–H and O–H groups in total. The van der Waals surface area contributed by atoms with Gasteiger partial charge in [-0.05, 0) is 142 Å². The summed E-state index contributed by atoms with van der Waals surface area (Å²) in [5.74, 6) is -3.29. The molecule has 4 aromatic rings. The first-order valence-corrected chi connectivity index (χ1v) is 34.8. The molecule has 3 fully saturated rings. The molecule has 0 radical (unpaired) electrons. The molecule has 3 saturated heterocycles. The topological polar surface area (TPSA) is 244 Å². The number of halogens is 3. The number of likely N-dealkylation sites (tertiary alicyclic amines) is 1. The quantitative estimate of drug-likeness (QED) is 0.0223. The van der Waals surface area contributed by atoms with Gasteiger partial charge in [-0.2, -0.15) is 13.2 Å². The Bertz CT molecular complexity index is 3610. The molecular formula is C65H80F3N9O10S3. The summed E-state index contributed by atoms with van der Waals surface area (Å²) in [4.78, 5) is 83.9. The van der Waals surface area contributed by atoms with Crippen molar-refractivity contribution in [3.63, 3.8) is 0 Å². The molecule has 19 nitrogen and oxygen atoms in total. The van der Waals surface area contributed by atoms with Crippen molar-refractivity contribution in [1.29, 1.82) is 0 Å². The number of nitrogens with one attached hydrogen (secondary N) is 5. The fourth-order valence-corrected chi connectivity index (χ4v) is 15.3. The Kier molecular flexibility index (Phi) is 21.7. The first-order chi connectivity index (χ1) is 42.8. The number of imide groups is 2. The molecule has 484 valence electrons. The van der Waals surface area contributed by atoms with Crippen LogP contribution in [0.5, 0.6) is 0 Å². The number of hydrogen-bond donors (Lipinski definition) is 5. The molecule has 0 bridgehead atoms. The number of benzene rings is 4. The van der Waals surface area contributed by atoms with Crippen LogP contribution in [-0.2, 0) is 34.2 Å². The Morgan fingerprint density at radius 3 is 2.22 bits per heavy atom. The number of hydrogen-bond acceptors (Lipinski definition) is 16. The molecule has 6 amide bonds. The highest BCUT2D eigenvalue weighted by molar-refractivity contribution is 7.99. The van der Waals surface area contributed by atoms with Gasteiger partial charge in [-0.15, -0.1) is 11.8 Å². The predicted molar refractivity (Wildman–Crippen MR) is 340 cm³/mol. The van der Waals surface area contributed by atoms with Gasteiger partial charge in [0, 0.05) is 111 Å². The van der Waals surface area contributed by atoms with E-state index >= 15 is 0 Å². The van der Waals surface area contributed by atoms with Crippen LogP contribution < -0.4 is 30.9 Å². The smallest absolute Gasteiger partial charge is 0.384 e. The Morgan fingerprint density at radius 1 is 0.811 bits per heavy atom. The van der Waals surface area contributed by atoms with Gasteiger partial charge >= 0.3 is 5.51 Å². The van der Waals surface area contributed by atoms with Crippen molar-refractivity contribution in [3.05, 3.63) is 131 Å². The second-order valence-electron chi connectivity index (χ2n) is 24.6. The van der Waals surface area contributed by atoms with Gasteiger partial charge in [0.2, 0.25) is 17.7 Å². The number of rotatable bonds is 26. The van der Waals surface area contributed by atoms with E-state index in [9.17, 15) is 58.8 Å². The molecule has 2 atom stereocenters. The number of allylic oxidation sites excluding steroid dienone is 2. The maximum Gasteiger partial charge on any atom is 0.501 e. The summed E-state index contributed by atoms with van der Waals surface area (Å²) in [6.45, 7) is 17.3. The van der Waals surface area contributed by atoms with Crippen molar-refractivity contribution >= 4 is 84.1 Å². The number of sulfonamides is 1. The van der Waals surface area contributed by atoms with Crippen LogP contribution in [0.4, 0.5) is 30.2 Å². The molecule has 0 spiro atoms. The van der Waals surface area contributed by atoms with Gasteiger partial charge in [-0.25, -0.2) is 21.6 Å². The lowest BCUT2D eigenvalue weighted by Crippen LogP contribution is -2.54. The van der Waals surface area contributed by atoms with Crippen LogP contribution in [-0.4, -0.2) is 155 Å². The van der Waals surface area contributed by atoms with Crippen molar-refractivity contribution in [1.82, 2.24) is 30.1 Å². The van der Waals surface area contributed by atoms with Crippen LogP contribution in [0.1, 0.15) is 135 Å². The van der Waals surface area contributed by atoms with Crippen LogP contribution in [0.2, 0.25) is 0 Å². The highest BCUT2D eigenvalue weighted by Crippen LogP contribution is 2.43. The number of alkyl halides is 3. The monoisotopic (exact) mass is 1300 g/mol. The molecule has 90 heavy (non-hydrogen) atoms. The number of carbonyl (C=O) groups excluding carboxylic acids is 6. The molecule has 0 saturated carbocycles. The standard InChI is InChI=1S/C65H80F3N9O10S3/c1-5-12-43(2)52-40-64(3,4)30-26-45(52)41-75-35-37-76(38-36-75)48-20-18-44(19-21-48)60(80)73-90(86,87)50-22-23-53(56(39-50)89(84,85)65(66,67)68)70-47(42-88-49-13-7-6-8-14-49)29-34-74-32-27-46(28-33-74)71-57(78)17-9-10-31-69-54-16-11-15-51-59(54)63(83)77(62(51)82)55-24-25-58(79)72-61(55)81/h6-8,11,13-16,18-23,39,46-47,55,69-70H,2,5,9-10,12,17,24-38,40-42H2,1,3-4H3,(H,71,78)(H,73,80)(H,72,79,81)/t47-,55?/m1/s1. The molecular weight excluding hydrogens is 1220 g/mol. The van der Waals surface area contributed by atoms with E-state index < -0.39 is 82.5 Å². The fraction of sp³-hybridized carbons (Fsp3) is 0.477. The van der Waals surface area contributed by atoms with E-state index in [2.05, 4.69) is 63.3 Å². The molecule has 4 aliphatic heterocycles. The second kappa shape index (κ2) is 29.0. The number of piperidine rings is 2. The van der Waals surface area contributed by atoms with Crippen LogP contribution in [0.25, 0.3) is 0 Å². The zero-order chi connectivity index (χ0) is 64.5. The van der Waals surface area contributed by atoms with Gasteiger partial charge in [0.15, 0.2) is 0 Å². The Morgan fingerprint density at radius 2 is 1.53 bits per heavy atom. The molecule has 9 rings (SSSR count). The third kappa shape index (κ3) is 16.5. The van der Waals surface area contributed by atoms with Gasteiger partial charge in [0.1, 0.15) is 10.9 Å². The first kappa shape index (κ1) is 67.3. The number of sulfone groups is 1. The number of nitrogens with zero attached hydrogens (tertiary/aromatic N) is 4. The van der Waals surface area contributed by atoms with Gasteiger partial charge in [-0.1, -0.05) is 69.2 Å². The number of piperazine rings is 1. The van der Waals surface area contributed by atoms with E-state index in [1.165, 1.54) is 46.7 Å². The predicted octanol–water partition coefficient (Wildman–Crippen LogP) is 9.31. The van der Waals surface area contributed by atoms with Crippen LogP contribution in [0.3, 0.4) is 0 Å². The lowest BCUT2D eigenvalue weighted by molar-refractivity contribution is -0.136. The van der Waals surface area contributed by atoms with Crippen molar-refractivity contribution < 1.29 is 58.8 Å². The Balaban J connectivity index is 0.768. The molecule has 0 aromatic heterocycles. The molecule has 4 aromatic carbocycles. The van der Waals surface area contributed by atoms with Crippen molar-refractivity contribution in [2.45, 2.75) is 143 Å². The van der Waals surface area contributed by atoms with E-state index in [1.54, 1.807) is 24.3 Å². The summed E-state index contributed by atoms with van der Waals surface area (Å²) in [6, 6.07) is 21.0. The van der Waals surface area contributed by atoms with E-state index in [-0.39, 0.29) is 59.1 Å². The maximum absolute atomic E-state index is 14.5. The minimum absolute atomic E-state index is 0.00781. The summed E-state index contributed by atoms with van der Waals surface area (Å²) >= 11 is 1.40. The van der Waals surface area contributed by atoms with E-state index in [0.717, 1.165) is 92.4 Å². The van der Waals surface area contributed by atoms with Crippen LogP contribution in [0.15, 0.2) is 129 Å². The summed E-state index contributed by atoms with van der Waals surface area (Å²) in [5.41, 5.74) is -0.354. The van der Waals surface area contributed by atoms with E-state index in [4.69, 9.17) is 0 Å². The van der Waals surface area contributed by atoms with Gasteiger partial charge in [0.05, 0.1) is 21.7 Å². The van der Waals surface area contributed by atoms with Crippen molar-refractivity contribution in [3.8, 4) is 0 Å². The van der Waals surface area contributed by atoms with E-state index in [0.29, 0.717) is 70.0 Å². The number of fused-ring (bicyclic) bond motifs is 1. The summed E-state index contributed by atoms with van der Waals surface area (Å²) in [7, 11) is -11.1. The zero-order valence-electron chi connectivity index (χ0n) is 51.1. The summed E-state index contributed by atoms with van der Waals surface area (Å²) < 4.78 is 99.7. The Labute approximate surface area is 529 Å². The second-order valence-corrected chi connectivity index (χ2v) is 29.3. The highest BCUT2D eigenvalue weighted by Gasteiger charge is 2.49. The number of anilines is 3. The third-order valence-corrected chi connectivity index (χ3v) is 21.5. The molecule has 5 aliphatic rings. The number of thioether (sulfide) groups is 1. The average Bonchev–Trinajstić information content (AvgIpc) is 2.28.